The van der Waals surface area contributed by atoms with Crippen LogP contribution in [0.1, 0.15) is 23.7 Å². The first kappa shape index (κ1) is 12.0. The van der Waals surface area contributed by atoms with Crippen LogP contribution < -0.4 is 4.90 Å². The summed E-state index contributed by atoms with van der Waals surface area (Å²) in [5, 5.41) is 0. The van der Waals surface area contributed by atoms with E-state index in [0.29, 0.717) is 12.2 Å². The van der Waals surface area contributed by atoms with Gasteiger partial charge in [0.1, 0.15) is 5.82 Å². The van der Waals surface area contributed by atoms with E-state index in [4.69, 9.17) is 4.74 Å². The van der Waals surface area contributed by atoms with Crippen LogP contribution in [-0.2, 0) is 4.74 Å². The minimum absolute atomic E-state index is 0.107. The Balaban J connectivity index is 2.32. The van der Waals surface area contributed by atoms with Crippen molar-refractivity contribution in [2.24, 2.45) is 0 Å². The Hall–Kier alpha value is -1.42. The van der Waals surface area contributed by atoms with Crippen LogP contribution in [0, 0.1) is 5.82 Å². The molecule has 92 valence electrons. The van der Waals surface area contributed by atoms with Crippen molar-refractivity contribution in [2.45, 2.75) is 13.3 Å². The maximum atomic E-state index is 13.2. The molecular weight excluding hydrogens is 221 g/mol. The number of ether oxygens (including phenoxy) is 1. The summed E-state index contributed by atoms with van der Waals surface area (Å²) in [4.78, 5) is 13.6. The van der Waals surface area contributed by atoms with E-state index < -0.39 is 0 Å². The van der Waals surface area contributed by atoms with Gasteiger partial charge in [-0.25, -0.2) is 4.39 Å². The summed E-state index contributed by atoms with van der Waals surface area (Å²) in [6.07, 6.45) is 0.925. The molecule has 1 fully saturated rings. The van der Waals surface area contributed by atoms with Crippen LogP contribution in [0.25, 0.3) is 0 Å². The number of halogens is 1. The van der Waals surface area contributed by atoms with Gasteiger partial charge < -0.3 is 9.64 Å². The van der Waals surface area contributed by atoms with Crippen LogP contribution in [0.3, 0.4) is 0 Å². The minimum Gasteiger partial charge on any atom is -0.380 e. The molecule has 3 nitrogen and oxygen atoms in total. The maximum absolute atomic E-state index is 13.2. The van der Waals surface area contributed by atoms with E-state index in [2.05, 4.69) is 4.90 Å². The Morgan fingerprint density at radius 2 is 2.18 bits per heavy atom. The summed E-state index contributed by atoms with van der Waals surface area (Å²) in [6.45, 7) is 4.44. The lowest BCUT2D eigenvalue weighted by Gasteiger charge is -2.24. The molecule has 1 aliphatic rings. The van der Waals surface area contributed by atoms with Crippen LogP contribution in [0.4, 0.5) is 10.1 Å². The predicted octanol–water partition coefficient (Wildman–Crippen LogP) is 2.25. The van der Waals surface area contributed by atoms with E-state index in [1.807, 2.05) is 0 Å². The van der Waals surface area contributed by atoms with Crippen LogP contribution in [-0.4, -0.2) is 32.1 Å². The van der Waals surface area contributed by atoms with E-state index in [1.165, 1.54) is 19.1 Å². The quantitative estimate of drug-likeness (QED) is 0.739. The standard InChI is InChI=1S/C13H16FNO2/c1-10(16)12-9-11(14)3-4-13(12)15-5-2-7-17-8-6-15/h3-4,9H,2,5-8H2,1H3. The van der Waals surface area contributed by atoms with Crippen LogP contribution >= 0.6 is 0 Å². The topological polar surface area (TPSA) is 29.5 Å². The number of anilines is 1. The van der Waals surface area contributed by atoms with Crippen molar-refractivity contribution in [1.29, 1.82) is 0 Å². The molecule has 1 heterocycles. The van der Waals surface area contributed by atoms with E-state index in [-0.39, 0.29) is 11.6 Å². The second kappa shape index (κ2) is 5.27. The van der Waals surface area contributed by atoms with Gasteiger partial charge in [-0.2, -0.15) is 0 Å². The molecular formula is C13H16FNO2. The molecule has 0 spiro atoms. The monoisotopic (exact) mass is 237 g/mol. The second-order valence-corrected chi connectivity index (χ2v) is 4.17. The van der Waals surface area contributed by atoms with Crippen molar-refractivity contribution < 1.29 is 13.9 Å². The highest BCUT2D eigenvalue weighted by atomic mass is 19.1. The van der Waals surface area contributed by atoms with Crippen LogP contribution in [0.5, 0.6) is 0 Å². The number of nitrogens with zero attached hydrogens (tertiary/aromatic N) is 1. The Morgan fingerprint density at radius 1 is 1.35 bits per heavy atom. The average Bonchev–Trinajstić information content (AvgIpc) is 2.57. The van der Waals surface area contributed by atoms with Gasteiger partial charge in [0.05, 0.1) is 6.61 Å². The van der Waals surface area contributed by atoms with Gasteiger partial charge in [-0.15, -0.1) is 0 Å². The van der Waals surface area contributed by atoms with Gasteiger partial charge in [0.25, 0.3) is 0 Å². The molecule has 1 saturated heterocycles. The Labute approximate surface area is 100 Å². The zero-order valence-electron chi connectivity index (χ0n) is 9.91. The smallest absolute Gasteiger partial charge is 0.161 e. The molecule has 0 atom stereocenters. The molecule has 0 saturated carbocycles. The van der Waals surface area contributed by atoms with Gasteiger partial charge in [0, 0.05) is 30.9 Å². The highest BCUT2D eigenvalue weighted by Crippen LogP contribution is 2.23. The second-order valence-electron chi connectivity index (χ2n) is 4.17. The number of carbonyl (C=O) groups is 1. The molecule has 1 aromatic carbocycles. The molecule has 0 aliphatic carbocycles. The zero-order valence-corrected chi connectivity index (χ0v) is 9.91. The molecule has 17 heavy (non-hydrogen) atoms. The summed E-state index contributed by atoms with van der Waals surface area (Å²) < 4.78 is 18.5. The first-order chi connectivity index (χ1) is 8.18. The van der Waals surface area contributed by atoms with E-state index in [0.717, 1.165) is 31.8 Å². The van der Waals surface area contributed by atoms with E-state index >= 15 is 0 Å². The van der Waals surface area contributed by atoms with Gasteiger partial charge in [0.2, 0.25) is 0 Å². The summed E-state index contributed by atoms with van der Waals surface area (Å²) in [5.74, 6) is -0.477. The van der Waals surface area contributed by atoms with Crippen molar-refractivity contribution in [3.8, 4) is 0 Å². The van der Waals surface area contributed by atoms with Crippen molar-refractivity contribution in [2.75, 3.05) is 31.2 Å². The predicted molar refractivity (Wildman–Crippen MR) is 64.1 cm³/mol. The van der Waals surface area contributed by atoms with E-state index in [9.17, 15) is 9.18 Å². The third kappa shape index (κ3) is 2.82. The fraction of sp³-hybridized carbons (Fsp3) is 0.462. The highest BCUT2D eigenvalue weighted by molar-refractivity contribution is 5.99. The average molecular weight is 237 g/mol. The molecule has 2 rings (SSSR count). The number of carbonyl (C=O) groups excluding carboxylic acids is 1. The zero-order chi connectivity index (χ0) is 12.3. The summed E-state index contributed by atoms with van der Waals surface area (Å²) in [7, 11) is 0. The number of Topliss-reactive ketones (excluding diaryl/α,β-unsaturated/α-hetero) is 1. The van der Waals surface area contributed by atoms with Gasteiger partial charge in [0.15, 0.2) is 5.78 Å². The molecule has 0 unspecified atom stereocenters. The van der Waals surface area contributed by atoms with Gasteiger partial charge in [-0.1, -0.05) is 0 Å². The maximum Gasteiger partial charge on any atom is 0.161 e. The van der Waals surface area contributed by atoms with Gasteiger partial charge >= 0.3 is 0 Å². The number of hydrogen-bond acceptors (Lipinski definition) is 3. The number of hydrogen-bond donors (Lipinski definition) is 0. The Morgan fingerprint density at radius 3 is 2.94 bits per heavy atom. The first-order valence-corrected chi connectivity index (χ1v) is 5.81. The lowest BCUT2D eigenvalue weighted by molar-refractivity contribution is 0.101. The van der Waals surface area contributed by atoms with Crippen molar-refractivity contribution in [3.05, 3.63) is 29.6 Å². The number of benzene rings is 1. The fourth-order valence-corrected chi connectivity index (χ4v) is 2.05. The number of rotatable bonds is 2. The summed E-state index contributed by atoms with van der Waals surface area (Å²) in [6, 6.07) is 4.38. The third-order valence-electron chi connectivity index (χ3n) is 2.90. The lowest BCUT2D eigenvalue weighted by atomic mass is 10.1. The molecule has 0 aromatic heterocycles. The molecule has 1 aliphatic heterocycles. The van der Waals surface area contributed by atoms with Gasteiger partial charge in [-0.05, 0) is 31.5 Å². The summed E-state index contributed by atoms with van der Waals surface area (Å²) >= 11 is 0. The molecule has 0 N–H and O–H groups in total. The van der Waals surface area contributed by atoms with E-state index in [1.54, 1.807) is 6.07 Å². The van der Waals surface area contributed by atoms with Crippen molar-refractivity contribution in [3.63, 3.8) is 0 Å². The normalized spacial score (nSPS) is 16.7. The van der Waals surface area contributed by atoms with Crippen molar-refractivity contribution in [1.82, 2.24) is 0 Å². The molecule has 4 heteroatoms. The first-order valence-electron chi connectivity index (χ1n) is 5.81. The molecule has 0 amide bonds. The third-order valence-corrected chi connectivity index (χ3v) is 2.90. The molecule has 0 bridgehead atoms. The Kier molecular flexibility index (Phi) is 3.74. The minimum atomic E-state index is -0.370. The fourth-order valence-electron chi connectivity index (χ4n) is 2.05. The highest BCUT2D eigenvalue weighted by Gasteiger charge is 2.16. The molecule has 1 aromatic rings. The van der Waals surface area contributed by atoms with Crippen LogP contribution in [0.15, 0.2) is 18.2 Å². The van der Waals surface area contributed by atoms with Gasteiger partial charge in [-0.3, -0.25) is 4.79 Å². The largest absolute Gasteiger partial charge is 0.380 e. The van der Waals surface area contributed by atoms with Crippen molar-refractivity contribution >= 4 is 11.5 Å². The summed E-state index contributed by atoms with van der Waals surface area (Å²) in [5.41, 5.74) is 1.26. The number of ketones is 1. The molecule has 0 radical (unpaired) electrons. The SMILES string of the molecule is CC(=O)c1cc(F)ccc1N1CCCOCC1. The lowest BCUT2D eigenvalue weighted by Crippen LogP contribution is -2.27. The Bertz CT molecular complexity index is 412. The van der Waals surface area contributed by atoms with Crippen LogP contribution in [0.2, 0.25) is 0 Å².